The summed E-state index contributed by atoms with van der Waals surface area (Å²) < 4.78 is 22.1. The van der Waals surface area contributed by atoms with Crippen LogP contribution in [0.2, 0.25) is 0 Å². The molecule has 3 atom stereocenters. The Bertz CT molecular complexity index is 1330. The van der Waals surface area contributed by atoms with E-state index >= 15 is 0 Å². The minimum Gasteiger partial charge on any atom is -0.496 e. The zero-order valence-electron chi connectivity index (χ0n) is 26.4. The molecule has 0 aliphatic carbocycles. The van der Waals surface area contributed by atoms with Crippen LogP contribution in [0.5, 0.6) is 5.75 Å². The van der Waals surface area contributed by atoms with Gasteiger partial charge >= 0.3 is 12.1 Å². The fourth-order valence-corrected chi connectivity index (χ4v) is 5.55. The van der Waals surface area contributed by atoms with Crippen LogP contribution < -0.4 is 10.1 Å². The molecule has 0 saturated carbocycles. The van der Waals surface area contributed by atoms with E-state index in [0.717, 1.165) is 47.6 Å². The molecule has 0 radical (unpaired) electrons. The maximum Gasteiger partial charge on any atom is 0.407 e. The number of amides is 2. The summed E-state index contributed by atoms with van der Waals surface area (Å²) in [4.78, 5) is 41.4. The molecule has 1 saturated heterocycles. The molecule has 234 valence electrons. The van der Waals surface area contributed by atoms with Gasteiger partial charge in [-0.2, -0.15) is 0 Å². The van der Waals surface area contributed by atoms with E-state index in [9.17, 15) is 14.4 Å². The SMILES string of the molecule is C=CCCCCCOC(=O)N[C@H](C(=O)N1C[C@](OC)(c2ccc3cc(OC)c(C=C)cc3c2)C[C@H]1C(=O)OC)C(C)(C)C. The van der Waals surface area contributed by atoms with E-state index in [4.69, 9.17) is 18.9 Å². The first kappa shape index (κ1) is 33.6. The second kappa shape index (κ2) is 14.6. The third-order valence-corrected chi connectivity index (χ3v) is 8.07. The Morgan fingerprint density at radius 2 is 1.81 bits per heavy atom. The summed E-state index contributed by atoms with van der Waals surface area (Å²) in [6.45, 7) is 13.5. The number of allylic oxidation sites excluding steroid dienone is 1. The third-order valence-electron chi connectivity index (χ3n) is 8.07. The summed E-state index contributed by atoms with van der Waals surface area (Å²) in [5.41, 5.74) is -0.0203. The van der Waals surface area contributed by atoms with Crippen LogP contribution in [0.3, 0.4) is 0 Å². The van der Waals surface area contributed by atoms with Crippen molar-refractivity contribution in [3.8, 4) is 5.75 Å². The van der Waals surface area contributed by atoms with Gasteiger partial charge in [0.15, 0.2) is 0 Å². The molecule has 9 heteroatoms. The number of unbranched alkanes of at least 4 members (excludes halogenated alkanes) is 3. The predicted molar refractivity (Wildman–Crippen MR) is 168 cm³/mol. The van der Waals surface area contributed by atoms with Gasteiger partial charge in [-0.15, -0.1) is 6.58 Å². The van der Waals surface area contributed by atoms with Crippen LogP contribution in [0, 0.1) is 5.41 Å². The number of methoxy groups -OCH3 is 3. The lowest BCUT2D eigenvalue weighted by atomic mass is 9.85. The zero-order chi connectivity index (χ0) is 31.8. The van der Waals surface area contributed by atoms with E-state index in [0.29, 0.717) is 5.75 Å². The molecule has 2 aromatic rings. The van der Waals surface area contributed by atoms with Gasteiger partial charge in [-0.1, -0.05) is 51.6 Å². The standard InChI is InChI=1S/C34H46N2O7/c1-9-11-12-13-14-17-43-32(39)35-29(33(3,4)5)30(37)36-22-34(42-8,21-27(36)31(38)41-7)26-16-15-24-20-28(40-6)23(10-2)18-25(24)19-26/h9-10,15-16,18-20,27,29H,1-2,11-14,17,21-22H2,3-8H3,(H,35,39)/t27-,29+,34-/m0/s1. The Hall–Kier alpha value is -3.85. The Kier molecular flexibility index (Phi) is 11.4. The van der Waals surface area contributed by atoms with Gasteiger partial charge in [0, 0.05) is 19.1 Å². The van der Waals surface area contributed by atoms with Gasteiger partial charge in [-0.3, -0.25) is 4.79 Å². The van der Waals surface area contributed by atoms with E-state index < -0.39 is 41.1 Å². The summed E-state index contributed by atoms with van der Waals surface area (Å²) in [6.07, 6.45) is 6.62. The van der Waals surface area contributed by atoms with E-state index in [1.807, 2.05) is 57.2 Å². The smallest absolute Gasteiger partial charge is 0.407 e. The third kappa shape index (κ3) is 7.76. The number of nitrogens with one attached hydrogen (secondary N) is 1. The number of rotatable bonds is 13. The zero-order valence-corrected chi connectivity index (χ0v) is 26.4. The maximum absolute atomic E-state index is 14.2. The first-order chi connectivity index (χ1) is 20.4. The summed E-state index contributed by atoms with van der Waals surface area (Å²) in [5, 5.41) is 4.66. The number of hydrogen-bond acceptors (Lipinski definition) is 7. The molecule has 9 nitrogen and oxygen atoms in total. The molecule has 3 rings (SSSR count). The van der Waals surface area contributed by atoms with Crippen molar-refractivity contribution in [3.05, 3.63) is 60.7 Å². The maximum atomic E-state index is 14.2. The lowest BCUT2D eigenvalue weighted by molar-refractivity contribution is -0.152. The van der Waals surface area contributed by atoms with Crippen LogP contribution in [0.25, 0.3) is 16.8 Å². The van der Waals surface area contributed by atoms with Crippen molar-refractivity contribution in [1.29, 1.82) is 0 Å². The first-order valence-electron chi connectivity index (χ1n) is 14.7. The van der Waals surface area contributed by atoms with Crippen LogP contribution in [-0.2, 0) is 29.4 Å². The summed E-state index contributed by atoms with van der Waals surface area (Å²) in [5.74, 6) is -0.252. The Morgan fingerprint density at radius 3 is 2.42 bits per heavy atom. The topological polar surface area (TPSA) is 103 Å². The van der Waals surface area contributed by atoms with Gasteiger partial charge in [-0.25, -0.2) is 9.59 Å². The van der Waals surface area contributed by atoms with Crippen molar-refractivity contribution >= 4 is 34.8 Å². The van der Waals surface area contributed by atoms with E-state index in [1.165, 1.54) is 12.0 Å². The van der Waals surface area contributed by atoms with Crippen LogP contribution in [0.15, 0.2) is 49.6 Å². The fraction of sp³-hybridized carbons (Fsp3) is 0.500. The molecular formula is C34H46N2O7. The van der Waals surface area contributed by atoms with Crippen molar-refractivity contribution in [3.63, 3.8) is 0 Å². The highest BCUT2D eigenvalue weighted by atomic mass is 16.5. The Morgan fingerprint density at radius 1 is 1.07 bits per heavy atom. The van der Waals surface area contributed by atoms with Crippen molar-refractivity contribution < 1.29 is 33.3 Å². The van der Waals surface area contributed by atoms with Crippen molar-refractivity contribution in [2.75, 3.05) is 34.5 Å². The molecule has 0 aromatic heterocycles. The van der Waals surface area contributed by atoms with Crippen molar-refractivity contribution in [2.24, 2.45) is 5.41 Å². The molecule has 1 N–H and O–H groups in total. The number of likely N-dealkylation sites (tertiary alicyclic amines) is 1. The summed E-state index contributed by atoms with van der Waals surface area (Å²) in [7, 11) is 4.48. The molecule has 1 fully saturated rings. The van der Waals surface area contributed by atoms with Crippen LogP contribution in [-0.4, -0.2) is 69.4 Å². The van der Waals surface area contributed by atoms with Gasteiger partial charge in [0.1, 0.15) is 23.4 Å². The highest BCUT2D eigenvalue weighted by molar-refractivity contribution is 5.92. The number of fused-ring (bicyclic) bond motifs is 1. The predicted octanol–water partition coefficient (Wildman–Crippen LogP) is 5.99. The normalized spacial score (nSPS) is 19.0. The molecule has 1 aliphatic heterocycles. The number of esters is 1. The molecule has 2 amide bonds. The average molecular weight is 595 g/mol. The second-order valence-corrected chi connectivity index (χ2v) is 12.0. The first-order valence-corrected chi connectivity index (χ1v) is 14.7. The van der Waals surface area contributed by atoms with Gasteiger partial charge < -0.3 is 29.2 Å². The summed E-state index contributed by atoms with van der Waals surface area (Å²) >= 11 is 0. The highest BCUT2D eigenvalue weighted by Crippen LogP contribution is 2.42. The molecule has 1 aliphatic rings. The number of hydrogen-bond donors (Lipinski definition) is 1. The number of ether oxygens (including phenoxy) is 4. The number of nitrogens with zero attached hydrogens (tertiary/aromatic N) is 1. The molecular weight excluding hydrogens is 548 g/mol. The van der Waals surface area contributed by atoms with Crippen LogP contribution in [0.4, 0.5) is 4.79 Å². The lowest BCUT2D eigenvalue weighted by Gasteiger charge is -2.35. The van der Waals surface area contributed by atoms with Crippen molar-refractivity contribution in [2.45, 2.75) is 70.6 Å². The van der Waals surface area contributed by atoms with Crippen LogP contribution >= 0.6 is 0 Å². The minimum atomic E-state index is -0.995. The fourth-order valence-electron chi connectivity index (χ4n) is 5.55. The Labute approximate surface area is 255 Å². The number of alkyl carbamates (subject to hydrolysis) is 1. The summed E-state index contributed by atoms with van der Waals surface area (Å²) in [6, 6.07) is 7.95. The van der Waals surface area contributed by atoms with Crippen molar-refractivity contribution in [1.82, 2.24) is 10.2 Å². The quantitative estimate of drug-likeness (QED) is 0.173. The van der Waals surface area contributed by atoms with E-state index in [-0.39, 0.29) is 19.6 Å². The van der Waals surface area contributed by atoms with Gasteiger partial charge in [0.25, 0.3) is 0 Å². The molecule has 1 heterocycles. The monoisotopic (exact) mass is 594 g/mol. The number of carbonyl (C=O) groups is 3. The van der Waals surface area contributed by atoms with Gasteiger partial charge in [0.05, 0.1) is 27.4 Å². The largest absolute Gasteiger partial charge is 0.496 e. The lowest BCUT2D eigenvalue weighted by Crippen LogP contribution is -2.57. The number of carbonyl (C=O) groups excluding carboxylic acids is 3. The second-order valence-electron chi connectivity index (χ2n) is 12.0. The van der Waals surface area contributed by atoms with Gasteiger partial charge in [0.2, 0.25) is 5.91 Å². The molecule has 0 bridgehead atoms. The Balaban J connectivity index is 1.91. The van der Waals surface area contributed by atoms with Gasteiger partial charge in [-0.05, 0) is 65.6 Å². The average Bonchev–Trinajstić information content (AvgIpc) is 3.40. The van der Waals surface area contributed by atoms with Crippen LogP contribution in [0.1, 0.15) is 64.0 Å². The molecule has 0 spiro atoms. The molecule has 2 aromatic carbocycles. The van der Waals surface area contributed by atoms with E-state index in [2.05, 4.69) is 18.5 Å². The minimum absolute atomic E-state index is 0.0880. The number of benzene rings is 2. The highest BCUT2D eigenvalue weighted by Gasteiger charge is 2.53. The molecule has 0 unspecified atom stereocenters. The van der Waals surface area contributed by atoms with E-state index in [1.54, 1.807) is 20.3 Å². The molecule has 43 heavy (non-hydrogen) atoms.